The summed E-state index contributed by atoms with van der Waals surface area (Å²) < 4.78 is 0. The Labute approximate surface area is 157 Å². The Morgan fingerprint density at radius 3 is 2.04 bits per heavy atom. The summed E-state index contributed by atoms with van der Waals surface area (Å²) in [6.07, 6.45) is 1.89. The van der Waals surface area contributed by atoms with E-state index >= 15 is 0 Å². The number of pyridine rings is 1. The van der Waals surface area contributed by atoms with Gasteiger partial charge in [0.2, 0.25) is 0 Å². The number of anilines is 1. The molecule has 1 heterocycles. The van der Waals surface area contributed by atoms with Gasteiger partial charge in [0.05, 0.1) is 11.7 Å². The van der Waals surface area contributed by atoms with Crippen molar-refractivity contribution in [3.8, 4) is 0 Å². The van der Waals surface area contributed by atoms with Gasteiger partial charge in [0, 0.05) is 10.9 Å². The monoisotopic (exact) mass is 347 g/mol. The van der Waals surface area contributed by atoms with Crippen molar-refractivity contribution in [1.29, 1.82) is 0 Å². The van der Waals surface area contributed by atoms with Gasteiger partial charge in [0.15, 0.2) is 0 Å². The predicted molar refractivity (Wildman–Crippen MR) is 114 cm³/mol. The van der Waals surface area contributed by atoms with Crippen molar-refractivity contribution < 1.29 is 0 Å². The highest BCUT2D eigenvalue weighted by Gasteiger charge is 2.05. The van der Waals surface area contributed by atoms with Crippen LogP contribution in [0.5, 0.6) is 0 Å². The van der Waals surface area contributed by atoms with Crippen molar-refractivity contribution in [2.75, 3.05) is 5.43 Å². The molecule has 1 aromatic heterocycles. The van der Waals surface area contributed by atoms with Crippen LogP contribution in [0.15, 0.2) is 96.1 Å². The van der Waals surface area contributed by atoms with E-state index in [9.17, 15) is 0 Å². The van der Waals surface area contributed by atoms with E-state index in [0.717, 1.165) is 22.3 Å². The number of nitrogens with one attached hydrogen (secondary N) is 1. The summed E-state index contributed by atoms with van der Waals surface area (Å²) in [5, 5.41) is 10.4. The van der Waals surface area contributed by atoms with Crippen LogP contribution in [-0.4, -0.2) is 11.2 Å². The zero-order valence-electron chi connectivity index (χ0n) is 14.6. The molecule has 1 N–H and O–H groups in total. The van der Waals surface area contributed by atoms with Gasteiger partial charge < -0.3 is 0 Å². The molecular formula is C24H17N3. The first-order chi connectivity index (χ1) is 13.4. The minimum Gasteiger partial charge on any atom is -0.261 e. The van der Waals surface area contributed by atoms with Crippen molar-refractivity contribution >= 4 is 44.5 Å². The second-order valence-corrected chi connectivity index (χ2v) is 6.49. The third-order valence-electron chi connectivity index (χ3n) is 4.78. The fraction of sp³-hybridized carbons (Fsp3) is 0. The van der Waals surface area contributed by atoms with Gasteiger partial charge in [0.1, 0.15) is 5.82 Å². The van der Waals surface area contributed by atoms with Crippen LogP contribution in [0.2, 0.25) is 0 Å². The molecule has 5 rings (SSSR count). The predicted octanol–water partition coefficient (Wildman–Crippen LogP) is 5.99. The largest absolute Gasteiger partial charge is 0.261 e. The van der Waals surface area contributed by atoms with Gasteiger partial charge in [-0.15, -0.1) is 0 Å². The van der Waals surface area contributed by atoms with E-state index in [0.29, 0.717) is 0 Å². The van der Waals surface area contributed by atoms with E-state index < -0.39 is 0 Å². The maximum absolute atomic E-state index is 4.61. The lowest BCUT2D eigenvalue weighted by Crippen LogP contribution is -1.95. The Bertz CT molecular complexity index is 1250. The van der Waals surface area contributed by atoms with Crippen molar-refractivity contribution in [1.82, 2.24) is 4.98 Å². The van der Waals surface area contributed by atoms with E-state index in [4.69, 9.17) is 0 Å². The van der Waals surface area contributed by atoms with Crippen LogP contribution in [0.4, 0.5) is 5.82 Å². The van der Waals surface area contributed by atoms with Crippen LogP contribution in [0.1, 0.15) is 5.56 Å². The second kappa shape index (κ2) is 6.54. The van der Waals surface area contributed by atoms with E-state index in [1.54, 1.807) is 0 Å². The number of hydrogen-bond donors (Lipinski definition) is 1. The Kier molecular flexibility index (Phi) is 3.76. The number of hydrazone groups is 1. The summed E-state index contributed by atoms with van der Waals surface area (Å²) >= 11 is 0. The number of aromatic nitrogens is 1. The molecule has 0 aliphatic carbocycles. The van der Waals surface area contributed by atoms with Crippen LogP contribution < -0.4 is 5.43 Å². The number of rotatable bonds is 3. The lowest BCUT2D eigenvalue weighted by molar-refractivity contribution is 1.27. The molecule has 0 saturated carbocycles. The highest BCUT2D eigenvalue weighted by Crippen LogP contribution is 2.27. The van der Waals surface area contributed by atoms with Crippen molar-refractivity contribution in [3.05, 3.63) is 96.6 Å². The van der Waals surface area contributed by atoms with Crippen molar-refractivity contribution in [3.63, 3.8) is 0 Å². The van der Waals surface area contributed by atoms with Crippen LogP contribution in [0.3, 0.4) is 0 Å². The normalized spacial score (nSPS) is 11.6. The molecule has 3 heteroatoms. The summed E-state index contributed by atoms with van der Waals surface area (Å²) in [4.78, 5) is 4.61. The summed E-state index contributed by atoms with van der Waals surface area (Å²) in [7, 11) is 0. The van der Waals surface area contributed by atoms with Gasteiger partial charge in [-0.05, 0) is 45.8 Å². The van der Waals surface area contributed by atoms with E-state index in [1.807, 2.05) is 36.5 Å². The summed E-state index contributed by atoms with van der Waals surface area (Å²) in [6, 6.07) is 31.1. The SMILES string of the molecule is C(=N\Nc1ccc2ccccc2n1)/c1c2ccccc2cc2ccccc12. The van der Waals surface area contributed by atoms with E-state index in [1.165, 1.54) is 21.5 Å². The Balaban J connectivity index is 1.56. The summed E-state index contributed by atoms with van der Waals surface area (Å²) in [5.74, 6) is 0.731. The Morgan fingerprint density at radius 1 is 0.667 bits per heavy atom. The molecule has 0 fully saturated rings. The van der Waals surface area contributed by atoms with Crippen molar-refractivity contribution in [2.45, 2.75) is 0 Å². The van der Waals surface area contributed by atoms with Crippen LogP contribution in [0.25, 0.3) is 32.4 Å². The van der Waals surface area contributed by atoms with Crippen LogP contribution >= 0.6 is 0 Å². The standard InChI is InChI=1S/C24H17N3/c1-4-10-20-18(8-1)15-19-9-2-5-11-21(19)22(20)16-25-27-24-14-13-17-7-3-6-12-23(17)26-24/h1-16H,(H,26,27)/b25-16+. The molecule has 3 nitrogen and oxygen atoms in total. The molecule has 128 valence electrons. The van der Waals surface area contributed by atoms with Gasteiger partial charge in [0.25, 0.3) is 0 Å². The number of benzene rings is 4. The molecule has 0 saturated heterocycles. The smallest absolute Gasteiger partial charge is 0.146 e. The zero-order valence-corrected chi connectivity index (χ0v) is 14.6. The number of fused-ring (bicyclic) bond motifs is 3. The first-order valence-electron chi connectivity index (χ1n) is 8.94. The molecule has 0 unspecified atom stereocenters. The molecule has 0 spiro atoms. The molecule has 0 aliphatic heterocycles. The first kappa shape index (κ1) is 15.5. The average molecular weight is 347 g/mol. The minimum atomic E-state index is 0.731. The maximum atomic E-state index is 4.61. The highest BCUT2D eigenvalue weighted by atomic mass is 15.3. The minimum absolute atomic E-state index is 0.731. The molecule has 0 radical (unpaired) electrons. The third-order valence-corrected chi connectivity index (χ3v) is 4.78. The second-order valence-electron chi connectivity index (χ2n) is 6.49. The van der Waals surface area contributed by atoms with E-state index in [-0.39, 0.29) is 0 Å². The quantitative estimate of drug-likeness (QED) is 0.247. The van der Waals surface area contributed by atoms with Crippen LogP contribution in [0, 0.1) is 0 Å². The lowest BCUT2D eigenvalue weighted by atomic mass is 9.97. The molecule has 0 amide bonds. The topological polar surface area (TPSA) is 37.3 Å². The molecule has 0 bridgehead atoms. The highest BCUT2D eigenvalue weighted by molar-refractivity contribution is 6.13. The fourth-order valence-electron chi connectivity index (χ4n) is 3.48. The van der Waals surface area contributed by atoms with Gasteiger partial charge in [-0.1, -0.05) is 66.7 Å². The Morgan fingerprint density at radius 2 is 1.30 bits per heavy atom. The summed E-state index contributed by atoms with van der Waals surface area (Å²) in [6.45, 7) is 0. The molecular weight excluding hydrogens is 330 g/mol. The Hall–Kier alpha value is -3.72. The summed E-state index contributed by atoms with van der Waals surface area (Å²) in [5.41, 5.74) is 5.13. The molecule has 4 aromatic carbocycles. The molecule has 0 aliphatic rings. The lowest BCUT2D eigenvalue weighted by Gasteiger charge is -2.08. The van der Waals surface area contributed by atoms with E-state index in [2.05, 4.69) is 76.2 Å². The van der Waals surface area contributed by atoms with Gasteiger partial charge in [-0.2, -0.15) is 5.10 Å². The molecule has 0 atom stereocenters. The maximum Gasteiger partial charge on any atom is 0.146 e. The molecule has 5 aromatic rings. The average Bonchev–Trinajstić information content (AvgIpc) is 2.73. The van der Waals surface area contributed by atoms with Crippen LogP contribution in [-0.2, 0) is 0 Å². The van der Waals surface area contributed by atoms with Crippen molar-refractivity contribution in [2.24, 2.45) is 5.10 Å². The number of nitrogens with zero attached hydrogens (tertiary/aromatic N) is 2. The molecule has 27 heavy (non-hydrogen) atoms. The van der Waals surface area contributed by atoms with Gasteiger partial charge in [-0.25, -0.2) is 4.98 Å². The van der Waals surface area contributed by atoms with Gasteiger partial charge >= 0.3 is 0 Å². The fourth-order valence-corrected chi connectivity index (χ4v) is 3.48. The van der Waals surface area contributed by atoms with Gasteiger partial charge in [-0.3, -0.25) is 5.43 Å². The number of hydrogen-bond acceptors (Lipinski definition) is 3. The first-order valence-corrected chi connectivity index (χ1v) is 8.94. The number of para-hydroxylation sites is 1. The third kappa shape index (κ3) is 2.89. The zero-order chi connectivity index (χ0) is 18.1.